The lowest BCUT2D eigenvalue weighted by atomic mass is 9.97. The SMILES string of the molecule is CC1CCN(c2ccc(NCC(C)(C)C)cc2)CC1. The van der Waals surface area contributed by atoms with Gasteiger partial charge in [0.2, 0.25) is 0 Å². The van der Waals surface area contributed by atoms with E-state index < -0.39 is 0 Å². The Morgan fingerprint density at radius 2 is 1.68 bits per heavy atom. The lowest BCUT2D eigenvalue weighted by molar-refractivity contribution is 0.438. The second-order valence-electron chi connectivity index (χ2n) is 7.13. The fraction of sp³-hybridized carbons (Fsp3) is 0.647. The summed E-state index contributed by atoms with van der Waals surface area (Å²) in [5, 5.41) is 3.50. The molecule has 0 saturated carbocycles. The number of hydrogen-bond donors (Lipinski definition) is 1. The van der Waals surface area contributed by atoms with Crippen LogP contribution in [0.25, 0.3) is 0 Å². The van der Waals surface area contributed by atoms with Crippen LogP contribution < -0.4 is 10.2 Å². The van der Waals surface area contributed by atoms with Crippen molar-refractivity contribution >= 4 is 11.4 Å². The monoisotopic (exact) mass is 260 g/mol. The Hall–Kier alpha value is -1.18. The van der Waals surface area contributed by atoms with E-state index in [9.17, 15) is 0 Å². The van der Waals surface area contributed by atoms with Crippen LogP contribution in [-0.4, -0.2) is 19.6 Å². The number of hydrogen-bond acceptors (Lipinski definition) is 2. The molecule has 1 saturated heterocycles. The van der Waals surface area contributed by atoms with Crippen LogP contribution in [0.15, 0.2) is 24.3 Å². The molecule has 2 heteroatoms. The molecule has 1 aliphatic heterocycles. The first kappa shape index (κ1) is 14.2. The van der Waals surface area contributed by atoms with E-state index in [0.29, 0.717) is 5.41 Å². The summed E-state index contributed by atoms with van der Waals surface area (Å²) in [6, 6.07) is 8.92. The molecule has 0 bridgehead atoms. The molecule has 0 amide bonds. The average molecular weight is 260 g/mol. The maximum absolute atomic E-state index is 3.50. The zero-order chi connectivity index (χ0) is 13.9. The van der Waals surface area contributed by atoms with Crippen molar-refractivity contribution in [1.82, 2.24) is 0 Å². The molecule has 0 atom stereocenters. The number of piperidine rings is 1. The molecule has 0 radical (unpaired) electrons. The topological polar surface area (TPSA) is 15.3 Å². The zero-order valence-corrected chi connectivity index (χ0v) is 12.9. The molecule has 19 heavy (non-hydrogen) atoms. The van der Waals surface area contributed by atoms with Crippen LogP contribution in [0.3, 0.4) is 0 Å². The lowest BCUT2D eigenvalue weighted by Crippen LogP contribution is -2.32. The molecule has 1 heterocycles. The van der Waals surface area contributed by atoms with Crippen molar-refractivity contribution in [2.45, 2.75) is 40.5 Å². The first-order chi connectivity index (χ1) is 8.94. The van der Waals surface area contributed by atoms with Crippen LogP contribution in [0.4, 0.5) is 11.4 Å². The van der Waals surface area contributed by atoms with Gasteiger partial charge in [-0.25, -0.2) is 0 Å². The van der Waals surface area contributed by atoms with Crippen molar-refractivity contribution < 1.29 is 0 Å². The van der Waals surface area contributed by atoms with Gasteiger partial charge < -0.3 is 10.2 Å². The Morgan fingerprint density at radius 3 is 2.21 bits per heavy atom. The third-order valence-electron chi connectivity index (χ3n) is 3.84. The van der Waals surface area contributed by atoms with Crippen LogP contribution in [-0.2, 0) is 0 Å². The van der Waals surface area contributed by atoms with Gasteiger partial charge in [0.05, 0.1) is 0 Å². The van der Waals surface area contributed by atoms with E-state index >= 15 is 0 Å². The third-order valence-corrected chi connectivity index (χ3v) is 3.84. The van der Waals surface area contributed by atoms with Crippen molar-refractivity contribution in [1.29, 1.82) is 0 Å². The first-order valence-electron chi connectivity index (χ1n) is 7.53. The summed E-state index contributed by atoms with van der Waals surface area (Å²) in [5.41, 5.74) is 2.92. The molecule has 0 aromatic heterocycles. The average Bonchev–Trinajstić information content (AvgIpc) is 2.37. The Kier molecular flexibility index (Phi) is 4.38. The van der Waals surface area contributed by atoms with Gasteiger partial charge in [0, 0.05) is 31.0 Å². The van der Waals surface area contributed by atoms with Crippen LogP contribution in [0.5, 0.6) is 0 Å². The summed E-state index contributed by atoms with van der Waals surface area (Å²) in [4.78, 5) is 2.51. The molecule has 1 aliphatic rings. The zero-order valence-electron chi connectivity index (χ0n) is 12.9. The van der Waals surface area contributed by atoms with Crippen LogP contribution in [0.1, 0.15) is 40.5 Å². The van der Waals surface area contributed by atoms with Crippen LogP contribution in [0.2, 0.25) is 0 Å². The quantitative estimate of drug-likeness (QED) is 0.867. The van der Waals surface area contributed by atoms with E-state index in [1.54, 1.807) is 0 Å². The van der Waals surface area contributed by atoms with Crippen molar-refractivity contribution in [2.75, 3.05) is 29.9 Å². The molecule has 2 rings (SSSR count). The third kappa shape index (κ3) is 4.45. The Bertz CT molecular complexity index is 381. The minimum absolute atomic E-state index is 0.321. The van der Waals surface area contributed by atoms with Crippen molar-refractivity contribution in [3.63, 3.8) is 0 Å². The fourth-order valence-electron chi connectivity index (χ4n) is 2.42. The summed E-state index contributed by atoms with van der Waals surface area (Å²) < 4.78 is 0. The number of nitrogens with zero attached hydrogens (tertiary/aromatic N) is 1. The van der Waals surface area contributed by atoms with E-state index in [2.05, 4.69) is 62.2 Å². The minimum atomic E-state index is 0.321. The maximum Gasteiger partial charge on any atom is 0.0367 e. The molecular formula is C17H28N2. The Morgan fingerprint density at radius 1 is 1.11 bits per heavy atom. The van der Waals surface area contributed by atoms with Gasteiger partial charge >= 0.3 is 0 Å². The van der Waals surface area contributed by atoms with Gasteiger partial charge in [-0.15, -0.1) is 0 Å². The molecule has 0 aliphatic carbocycles. The highest BCUT2D eigenvalue weighted by atomic mass is 15.1. The summed E-state index contributed by atoms with van der Waals surface area (Å²) in [6.07, 6.45) is 2.65. The van der Waals surface area contributed by atoms with Gasteiger partial charge in [0.15, 0.2) is 0 Å². The molecule has 1 aromatic rings. The van der Waals surface area contributed by atoms with Crippen LogP contribution >= 0.6 is 0 Å². The molecule has 0 spiro atoms. The molecule has 0 unspecified atom stereocenters. The lowest BCUT2D eigenvalue weighted by Gasteiger charge is -2.32. The standard InChI is InChI=1S/C17H28N2/c1-14-9-11-19(12-10-14)16-7-5-15(6-8-16)18-13-17(2,3)4/h5-8,14,18H,9-13H2,1-4H3. The highest BCUT2D eigenvalue weighted by Crippen LogP contribution is 2.24. The number of anilines is 2. The van der Waals surface area contributed by atoms with Crippen LogP contribution in [0, 0.1) is 11.3 Å². The van der Waals surface area contributed by atoms with Gasteiger partial charge in [-0.05, 0) is 48.4 Å². The highest BCUT2D eigenvalue weighted by molar-refractivity contribution is 5.55. The van der Waals surface area contributed by atoms with Gasteiger partial charge in [0.1, 0.15) is 0 Å². The van der Waals surface area contributed by atoms with Gasteiger partial charge in [-0.1, -0.05) is 27.7 Å². The summed E-state index contributed by atoms with van der Waals surface area (Å²) in [7, 11) is 0. The summed E-state index contributed by atoms with van der Waals surface area (Å²) >= 11 is 0. The smallest absolute Gasteiger partial charge is 0.0367 e. The number of nitrogens with one attached hydrogen (secondary N) is 1. The van der Waals surface area contributed by atoms with Crippen molar-refractivity contribution in [3.05, 3.63) is 24.3 Å². The minimum Gasteiger partial charge on any atom is -0.385 e. The molecule has 1 aromatic carbocycles. The summed E-state index contributed by atoms with van der Waals surface area (Å²) in [5.74, 6) is 0.893. The molecule has 1 N–H and O–H groups in total. The highest BCUT2D eigenvalue weighted by Gasteiger charge is 2.16. The molecule has 1 fully saturated rings. The van der Waals surface area contributed by atoms with Gasteiger partial charge in [-0.3, -0.25) is 0 Å². The second kappa shape index (κ2) is 5.85. The predicted octanol–water partition coefficient (Wildman–Crippen LogP) is 4.38. The predicted molar refractivity (Wildman–Crippen MR) is 85.0 cm³/mol. The number of benzene rings is 1. The summed E-state index contributed by atoms with van der Waals surface area (Å²) in [6.45, 7) is 12.5. The molecule has 2 nitrogen and oxygen atoms in total. The second-order valence-corrected chi connectivity index (χ2v) is 7.13. The normalized spacial score (nSPS) is 17.6. The van der Waals surface area contributed by atoms with E-state index in [1.807, 2.05) is 0 Å². The van der Waals surface area contributed by atoms with E-state index in [4.69, 9.17) is 0 Å². The van der Waals surface area contributed by atoms with E-state index in [0.717, 1.165) is 12.5 Å². The number of rotatable bonds is 3. The molecular weight excluding hydrogens is 232 g/mol. The van der Waals surface area contributed by atoms with Gasteiger partial charge in [-0.2, -0.15) is 0 Å². The van der Waals surface area contributed by atoms with Crippen molar-refractivity contribution in [2.24, 2.45) is 11.3 Å². The van der Waals surface area contributed by atoms with Crippen molar-refractivity contribution in [3.8, 4) is 0 Å². The van der Waals surface area contributed by atoms with E-state index in [1.165, 1.54) is 37.3 Å². The largest absolute Gasteiger partial charge is 0.385 e. The Labute approximate surface area is 118 Å². The van der Waals surface area contributed by atoms with E-state index in [-0.39, 0.29) is 0 Å². The van der Waals surface area contributed by atoms with Gasteiger partial charge in [0.25, 0.3) is 0 Å². The molecule has 106 valence electrons. The first-order valence-corrected chi connectivity index (χ1v) is 7.53. The fourth-order valence-corrected chi connectivity index (χ4v) is 2.42. The maximum atomic E-state index is 3.50. The Balaban J connectivity index is 1.91.